The fourth-order valence-electron chi connectivity index (χ4n) is 2.89. The summed E-state index contributed by atoms with van der Waals surface area (Å²) in [6, 6.07) is 6.06. The molecule has 2 amide bonds. The topological polar surface area (TPSA) is 32.3 Å². The van der Waals surface area contributed by atoms with Crippen molar-refractivity contribution >= 4 is 24.5 Å². The zero-order chi connectivity index (χ0) is 17.8. The number of nitrogens with one attached hydrogen (secondary N) is 1. The molecule has 0 saturated heterocycles. The molecule has 23 heavy (non-hydrogen) atoms. The maximum atomic E-state index is 12.7. The summed E-state index contributed by atoms with van der Waals surface area (Å²) >= 11 is 4.54. The molecule has 0 atom stereocenters. The van der Waals surface area contributed by atoms with E-state index in [9.17, 15) is 4.79 Å². The van der Waals surface area contributed by atoms with Gasteiger partial charge in [-0.1, -0.05) is 72.1 Å². The number of urea groups is 1. The number of rotatable bonds is 6. The normalized spacial score (nSPS) is 11.9. The Morgan fingerprint density at radius 1 is 1.17 bits per heavy atom. The lowest BCUT2D eigenvalue weighted by molar-refractivity contribution is 0.237. The monoisotopic (exact) mass is 336 g/mol. The minimum Gasteiger partial charge on any atom is -0.332 e. The van der Waals surface area contributed by atoms with Gasteiger partial charge in [-0.15, -0.1) is 0 Å². The van der Waals surface area contributed by atoms with Crippen molar-refractivity contribution in [1.82, 2.24) is 5.32 Å². The Bertz CT molecular complexity index is 512. The summed E-state index contributed by atoms with van der Waals surface area (Å²) in [4.78, 5) is 12.7. The van der Waals surface area contributed by atoms with Gasteiger partial charge in [-0.3, -0.25) is 0 Å². The van der Waals surface area contributed by atoms with E-state index in [4.69, 9.17) is 0 Å². The highest BCUT2D eigenvalue weighted by molar-refractivity contribution is 7.82. The molecule has 1 aromatic rings. The second kappa shape index (κ2) is 8.09. The smallest absolute Gasteiger partial charge is 0.332 e. The third kappa shape index (κ3) is 5.17. The number of hydrogen-bond acceptors (Lipinski definition) is 2. The quantitative estimate of drug-likeness (QED) is 0.625. The van der Waals surface area contributed by atoms with Crippen LogP contribution in [-0.2, 0) is 0 Å². The van der Waals surface area contributed by atoms with Gasteiger partial charge in [-0.25, -0.2) is 9.10 Å². The van der Waals surface area contributed by atoms with E-state index in [1.807, 2.05) is 13.8 Å². The summed E-state index contributed by atoms with van der Waals surface area (Å²) < 4.78 is 1.49. The van der Waals surface area contributed by atoms with Crippen molar-refractivity contribution in [1.29, 1.82) is 0 Å². The summed E-state index contributed by atoms with van der Waals surface area (Å²) in [5, 5.41) is 3.10. The molecule has 0 bridgehead atoms. The molecule has 4 heteroatoms. The minimum atomic E-state index is -0.239. The van der Waals surface area contributed by atoms with Crippen molar-refractivity contribution in [3.63, 3.8) is 0 Å². The van der Waals surface area contributed by atoms with E-state index >= 15 is 0 Å². The summed E-state index contributed by atoms with van der Waals surface area (Å²) in [6.45, 7) is 14.8. The Morgan fingerprint density at radius 3 is 2.04 bits per heavy atom. The molecule has 0 unspecified atom stereocenters. The Morgan fingerprint density at radius 2 is 1.65 bits per heavy atom. The first-order valence-electron chi connectivity index (χ1n) is 8.54. The average Bonchev–Trinajstić information content (AvgIpc) is 2.44. The molecule has 0 aliphatic heterocycles. The maximum absolute atomic E-state index is 12.7. The van der Waals surface area contributed by atoms with Crippen molar-refractivity contribution in [2.24, 2.45) is 0 Å². The van der Waals surface area contributed by atoms with Crippen LogP contribution in [0.4, 0.5) is 10.5 Å². The molecule has 130 valence electrons. The van der Waals surface area contributed by atoms with E-state index in [0.29, 0.717) is 11.8 Å². The largest absolute Gasteiger partial charge is 0.332 e. The van der Waals surface area contributed by atoms with Crippen LogP contribution in [0.5, 0.6) is 0 Å². The van der Waals surface area contributed by atoms with E-state index in [0.717, 1.165) is 29.7 Å². The lowest BCUT2D eigenvalue weighted by atomic mass is 9.92. The zero-order valence-corrected chi connectivity index (χ0v) is 16.5. The number of nitrogens with zero attached hydrogens (tertiary/aromatic N) is 1. The molecule has 0 spiro atoms. The number of hydrogen-bond donors (Lipinski definition) is 2. The van der Waals surface area contributed by atoms with E-state index in [-0.39, 0.29) is 11.6 Å². The molecular formula is C19H32N2OS. The molecule has 0 radical (unpaired) electrons. The molecule has 0 fully saturated rings. The fourth-order valence-corrected chi connectivity index (χ4v) is 3.17. The van der Waals surface area contributed by atoms with Crippen molar-refractivity contribution in [2.45, 2.75) is 78.7 Å². The van der Waals surface area contributed by atoms with Gasteiger partial charge in [-0.05, 0) is 43.2 Å². The van der Waals surface area contributed by atoms with Gasteiger partial charge >= 0.3 is 6.03 Å². The average molecular weight is 337 g/mol. The van der Waals surface area contributed by atoms with Crippen molar-refractivity contribution in [2.75, 3.05) is 4.31 Å². The van der Waals surface area contributed by atoms with E-state index in [1.54, 1.807) is 0 Å². The van der Waals surface area contributed by atoms with Crippen LogP contribution in [0.2, 0.25) is 0 Å². The molecule has 0 aliphatic rings. The van der Waals surface area contributed by atoms with Gasteiger partial charge in [0.25, 0.3) is 0 Å². The molecule has 0 saturated carbocycles. The van der Waals surface area contributed by atoms with Gasteiger partial charge in [0, 0.05) is 5.54 Å². The van der Waals surface area contributed by atoms with Crippen LogP contribution in [-0.4, -0.2) is 11.6 Å². The lowest BCUT2D eigenvalue weighted by Gasteiger charge is -2.31. The van der Waals surface area contributed by atoms with Crippen LogP contribution >= 0.6 is 12.8 Å². The van der Waals surface area contributed by atoms with E-state index in [2.05, 4.69) is 70.9 Å². The molecule has 0 aliphatic carbocycles. The third-order valence-electron chi connectivity index (χ3n) is 4.07. The van der Waals surface area contributed by atoms with Crippen molar-refractivity contribution in [3.8, 4) is 0 Å². The first-order valence-corrected chi connectivity index (χ1v) is 8.94. The predicted octanol–water partition coefficient (Wildman–Crippen LogP) is 5.87. The van der Waals surface area contributed by atoms with Crippen LogP contribution in [0, 0.1) is 0 Å². The number of benzene rings is 1. The number of para-hydroxylation sites is 1. The Labute approximate surface area is 147 Å². The number of carbonyl (C=O) groups excluding carboxylic acids is 1. The fraction of sp³-hybridized carbons (Fsp3) is 0.632. The van der Waals surface area contributed by atoms with Crippen LogP contribution in [0.15, 0.2) is 18.2 Å². The molecule has 0 aromatic heterocycles. The molecular weight excluding hydrogens is 304 g/mol. The predicted molar refractivity (Wildman–Crippen MR) is 104 cm³/mol. The van der Waals surface area contributed by atoms with E-state index < -0.39 is 0 Å². The first-order chi connectivity index (χ1) is 10.6. The standard InChI is InChI=1S/C19H32N2OS/c1-8-12-19(6,7)20-18(22)21(23)17-15(13(2)3)10-9-11-16(17)14(4)5/h9-11,13-14,23H,8,12H2,1-7H3,(H,20,22). The summed E-state index contributed by atoms with van der Waals surface area (Å²) in [6.07, 6.45) is 1.96. The van der Waals surface area contributed by atoms with Gasteiger partial charge in [0.2, 0.25) is 0 Å². The van der Waals surface area contributed by atoms with Crippen molar-refractivity contribution < 1.29 is 4.79 Å². The summed E-state index contributed by atoms with van der Waals surface area (Å²) in [5.74, 6) is 0.657. The minimum absolute atomic E-state index is 0.165. The molecule has 3 nitrogen and oxygen atoms in total. The Kier molecular flexibility index (Phi) is 7.00. The van der Waals surface area contributed by atoms with Gasteiger partial charge in [0.05, 0.1) is 5.69 Å². The van der Waals surface area contributed by atoms with Gasteiger partial charge in [-0.2, -0.15) is 0 Å². The number of amides is 2. The summed E-state index contributed by atoms with van der Waals surface area (Å²) in [5.41, 5.74) is 2.98. The first kappa shape index (κ1) is 19.9. The van der Waals surface area contributed by atoms with Gasteiger partial charge in [0.15, 0.2) is 0 Å². The van der Waals surface area contributed by atoms with Gasteiger partial charge in [0.1, 0.15) is 0 Å². The number of carbonyl (C=O) groups is 1. The number of thiol groups is 1. The lowest BCUT2D eigenvalue weighted by Crippen LogP contribution is -2.48. The maximum Gasteiger partial charge on any atom is 0.332 e. The Hall–Kier alpha value is -1.16. The van der Waals surface area contributed by atoms with Crippen LogP contribution in [0.3, 0.4) is 0 Å². The Balaban J connectivity index is 3.20. The van der Waals surface area contributed by atoms with Crippen molar-refractivity contribution in [3.05, 3.63) is 29.3 Å². The van der Waals surface area contributed by atoms with Gasteiger partial charge < -0.3 is 5.32 Å². The van der Waals surface area contributed by atoms with Crippen LogP contribution in [0.1, 0.15) is 84.3 Å². The molecule has 1 aromatic carbocycles. The zero-order valence-electron chi connectivity index (χ0n) is 15.6. The highest BCUT2D eigenvalue weighted by Crippen LogP contribution is 2.36. The van der Waals surface area contributed by atoms with Crippen LogP contribution < -0.4 is 9.62 Å². The molecule has 1 N–H and O–H groups in total. The summed E-state index contributed by atoms with van der Waals surface area (Å²) in [7, 11) is 0. The highest BCUT2D eigenvalue weighted by atomic mass is 32.1. The second-order valence-corrected chi connectivity index (χ2v) is 7.87. The van der Waals surface area contributed by atoms with E-state index in [1.165, 1.54) is 4.31 Å². The van der Waals surface area contributed by atoms with Crippen LogP contribution in [0.25, 0.3) is 0 Å². The molecule has 0 heterocycles. The SMILES string of the molecule is CCCC(C)(C)NC(=O)N(S)c1c(C(C)C)cccc1C(C)C. The number of anilines is 1. The second-order valence-electron chi connectivity index (χ2n) is 7.47. The third-order valence-corrected chi connectivity index (χ3v) is 4.45. The molecule has 1 rings (SSSR count). The highest BCUT2D eigenvalue weighted by Gasteiger charge is 2.26.